The molecule has 2 aromatic heterocycles. The van der Waals surface area contributed by atoms with E-state index in [0.717, 1.165) is 59.4 Å². The molecule has 1 fully saturated rings. The number of nitrogens with two attached hydrogens (primary N) is 1. The van der Waals surface area contributed by atoms with Gasteiger partial charge in [0.1, 0.15) is 17.5 Å². The average Bonchev–Trinajstić information content (AvgIpc) is 3.17. The molecule has 1 saturated heterocycles. The van der Waals surface area contributed by atoms with Crippen LogP contribution in [-0.2, 0) is 4.74 Å². The minimum Gasteiger partial charge on any atom is -0.489 e. The number of rotatable bonds is 5. The van der Waals surface area contributed by atoms with Crippen LogP contribution in [0.2, 0.25) is 5.02 Å². The summed E-state index contributed by atoms with van der Waals surface area (Å²) in [5.74, 6) is 0.702. The molecule has 0 saturated carbocycles. The SMILES string of the molecule is CN=CC(=CN)c1cnc2[nH]cc(-c3ccc(OC4CCOCC4)c(Cl)c3)c2c1. The van der Waals surface area contributed by atoms with Gasteiger partial charge in [0.2, 0.25) is 0 Å². The zero-order chi connectivity index (χ0) is 20.2. The Bertz CT molecular complexity index is 1070. The number of H-pyrrole nitrogens is 1. The molecule has 0 radical (unpaired) electrons. The third-order valence-corrected chi connectivity index (χ3v) is 5.31. The smallest absolute Gasteiger partial charge is 0.138 e. The number of benzene rings is 1. The molecule has 1 aliphatic rings. The fraction of sp³-hybridized carbons (Fsp3) is 0.273. The topological polar surface area (TPSA) is 85.5 Å². The van der Waals surface area contributed by atoms with Gasteiger partial charge in [-0.25, -0.2) is 4.98 Å². The van der Waals surface area contributed by atoms with Crippen molar-refractivity contribution in [2.24, 2.45) is 10.7 Å². The monoisotopic (exact) mass is 410 g/mol. The summed E-state index contributed by atoms with van der Waals surface area (Å²) in [6.07, 6.45) is 8.87. The summed E-state index contributed by atoms with van der Waals surface area (Å²) in [5, 5.41) is 1.58. The maximum Gasteiger partial charge on any atom is 0.138 e. The van der Waals surface area contributed by atoms with E-state index in [1.54, 1.807) is 19.5 Å². The first-order chi connectivity index (χ1) is 14.2. The number of nitrogens with one attached hydrogen (secondary N) is 1. The standard InChI is InChI=1S/C22H23ClN4O2/c1-25-11-16(10-24)15-8-18-19(13-27-22(18)26-12-15)14-2-3-21(20(23)9-14)29-17-4-6-28-7-5-17/h2-3,8-13,17H,4-7,24H2,1H3,(H,26,27). The Morgan fingerprint density at radius 2 is 2.17 bits per heavy atom. The van der Waals surface area contributed by atoms with Crippen molar-refractivity contribution in [2.45, 2.75) is 18.9 Å². The number of allylic oxidation sites excluding steroid dienone is 1. The lowest BCUT2D eigenvalue weighted by Crippen LogP contribution is -2.25. The highest BCUT2D eigenvalue weighted by Crippen LogP contribution is 2.35. The van der Waals surface area contributed by atoms with Gasteiger partial charge in [0, 0.05) is 66.8 Å². The maximum absolute atomic E-state index is 6.54. The molecule has 1 aliphatic heterocycles. The van der Waals surface area contributed by atoms with Crippen LogP contribution in [0.5, 0.6) is 5.75 Å². The highest BCUT2D eigenvalue weighted by molar-refractivity contribution is 6.32. The number of hydrogen-bond acceptors (Lipinski definition) is 5. The van der Waals surface area contributed by atoms with E-state index in [0.29, 0.717) is 10.8 Å². The van der Waals surface area contributed by atoms with E-state index in [4.69, 9.17) is 26.8 Å². The van der Waals surface area contributed by atoms with Crippen molar-refractivity contribution in [3.63, 3.8) is 0 Å². The van der Waals surface area contributed by atoms with Gasteiger partial charge in [0.25, 0.3) is 0 Å². The van der Waals surface area contributed by atoms with E-state index >= 15 is 0 Å². The Morgan fingerprint density at radius 1 is 1.34 bits per heavy atom. The molecule has 3 N–H and O–H groups in total. The summed E-state index contributed by atoms with van der Waals surface area (Å²) < 4.78 is 11.5. The first-order valence-electron chi connectivity index (χ1n) is 9.55. The van der Waals surface area contributed by atoms with Gasteiger partial charge in [-0.1, -0.05) is 17.7 Å². The van der Waals surface area contributed by atoms with Crippen molar-refractivity contribution >= 4 is 34.4 Å². The quantitative estimate of drug-likeness (QED) is 0.609. The molecule has 4 rings (SSSR count). The lowest BCUT2D eigenvalue weighted by atomic mass is 10.0. The van der Waals surface area contributed by atoms with Crippen molar-refractivity contribution in [1.82, 2.24) is 9.97 Å². The minimum absolute atomic E-state index is 0.147. The summed E-state index contributed by atoms with van der Waals surface area (Å²) in [6.45, 7) is 1.46. The lowest BCUT2D eigenvalue weighted by Gasteiger charge is -2.23. The number of nitrogens with zero attached hydrogens (tertiary/aromatic N) is 2. The van der Waals surface area contributed by atoms with Crippen LogP contribution in [0.25, 0.3) is 27.7 Å². The Morgan fingerprint density at radius 3 is 2.90 bits per heavy atom. The van der Waals surface area contributed by atoms with Crippen molar-refractivity contribution in [1.29, 1.82) is 0 Å². The number of ether oxygens (including phenoxy) is 2. The van der Waals surface area contributed by atoms with Crippen LogP contribution in [0.3, 0.4) is 0 Å². The summed E-state index contributed by atoms with van der Waals surface area (Å²) in [4.78, 5) is 11.8. The lowest BCUT2D eigenvalue weighted by molar-refractivity contribution is 0.0256. The van der Waals surface area contributed by atoms with Gasteiger partial charge < -0.3 is 20.2 Å². The maximum atomic E-state index is 6.54. The second kappa shape index (κ2) is 8.68. The van der Waals surface area contributed by atoms with Gasteiger partial charge in [-0.3, -0.25) is 4.99 Å². The van der Waals surface area contributed by atoms with E-state index in [1.807, 2.05) is 24.4 Å². The molecule has 0 amide bonds. The molecular weight excluding hydrogens is 388 g/mol. The van der Waals surface area contributed by atoms with Gasteiger partial charge in [0.05, 0.1) is 18.2 Å². The van der Waals surface area contributed by atoms with Gasteiger partial charge in [-0.2, -0.15) is 0 Å². The van der Waals surface area contributed by atoms with Crippen molar-refractivity contribution in [2.75, 3.05) is 20.3 Å². The summed E-state index contributed by atoms with van der Waals surface area (Å²) in [6, 6.07) is 7.93. The van der Waals surface area contributed by atoms with E-state index in [-0.39, 0.29) is 6.10 Å². The number of pyridine rings is 1. The van der Waals surface area contributed by atoms with Gasteiger partial charge in [0.15, 0.2) is 0 Å². The molecule has 1 aromatic carbocycles. The summed E-state index contributed by atoms with van der Waals surface area (Å²) in [5.41, 5.74) is 10.3. The highest BCUT2D eigenvalue weighted by Gasteiger charge is 2.17. The van der Waals surface area contributed by atoms with Crippen LogP contribution >= 0.6 is 11.6 Å². The van der Waals surface area contributed by atoms with Crippen LogP contribution in [0.4, 0.5) is 0 Å². The first kappa shape index (κ1) is 19.5. The molecule has 29 heavy (non-hydrogen) atoms. The average molecular weight is 411 g/mol. The van der Waals surface area contributed by atoms with E-state index in [9.17, 15) is 0 Å². The van der Waals surface area contributed by atoms with Gasteiger partial charge in [-0.15, -0.1) is 0 Å². The minimum atomic E-state index is 0.147. The fourth-order valence-electron chi connectivity index (χ4n) is 3.49. The first-order valence-corrected chi connectivity index (χ1v) is 9.93. The Balaban J connectivity index is 1.66. The molecule has 150 valence electrons. The Hall–Kier alpha value is -2.83. The van der Waals surface area contributed by atoms with E-state index in [2.05, 4.69) is 21.0 Å². The predicted octanol–water partition coefficient (Wildman–Crippen LogP) is 4.44. The number of aliphatic imine (C=N–C) groups is 1. The number of aromatic nitrogens is 2. The molecule has 6 nitrogen and oxygen atoms in total. The van der Waals surface area contributed by atoms with Crippen LogP contribution in [-0.4, -0.2) is 42.5 Å². The Labute approximate surface area is 174 Å². The molecule has 0 spiro atoms. The number of aromatic amines is 1. The van der Waals surface area contributed by atoms with Crippen LogP contribution in [0.15, 0.2) is 47.9 Å². The van der Waals surface area contributed by atoms with Gasteiger partial charge in [-0.05, 0) is 23.8 Å². The molecule has 0 atom stereocenters. The summed E-state index contributed by atoms with van der Waals surface area (Å²) in [7, 11) is 1.71. The zero-order valence-electron chi connectivity index (χ0n) is 16.2. The normalized spacial score (nSPS) is 16.0. The third-order valence-electron chi connectivity index (χ3n) is 5.02. The largest absolute Gasteiger partial charge is 0.489 e. The predicted molar refractivity (Wildman–Crippen MR) is 118 cm³/mol. The number of hydrogen-bond donors (Lipinski definition) is 2. The van der Waals surface area contributed by atoms with Crippen molar-refractivity contribution < 1.29 is 9.47 Å². The molecular formula is C22H23ClN4O2. The molecule has 0 aliphatic carbocycles. The second-order valence-corrected chi connectivity index (χ2v) is 7.31. The fourth-order valence-corrected chi connectivity index (χ4v) is 3.72. The molecule has 7 heteroatoms. The van der Waals surface area contributed by atoms with Crippen molar-refractivity contribution in [3.8, 4) is 16.9 Å². The van der Waals surface area contributed by atoms with E-state index in [1.165, 1.54) is 6.20 Å². The van der Waals surface area contributed by atoms with Crippen molar-refractivity contribution in [3.05, 3.63) is 53.4 Å². The molecule has 0 unspecified atom stereocenters. The second-order valence-electron chi connectivity index (χ2n) is 6.91. The summed E-state index contributed by atoms with van der Waals surface area (Å²) >= 11 is 6.54. The highest BCUT2D eigenvalue weighted by atomic mass is 35.5. The Kier molecular flexibility index (Phi) is 5.83. The number of halogens is 1. The molecule has 3 heterocycles. The van der Waals surface area contributed by atoms with Gasteiger partial charge >= 0.3 is 0 Å². The van der Waals surface area contributed by atoms with E-state index < -0.39 is 0 Å². The van der Waals surface area contributed by atoms with Crippen LogP contribution in [0.1, 0.15) is 18.4 Å². The van der Waals surface area contributed by atoms with Crippen LogP contribution < -0.4 is 10.5 Å². The number of fused-ring (bicyclic) bond motifs is 1. The van der Waals surface area contributed by atoms with Crippen LogP contribution in [0, 0.1) is 0 Å². The molecule has 0 bridgehead atoms. The third kappa shape index (κ3) is 4.13. The molecule has 3 aromatic rings. The zero-order valence-corrected chi connectivity index (χ0v) is 16.9.